The predicted molar refractivity (Wildman–Crippen MR) is 118 cm³/mol. The van der Waals surface area contributed by atoms with Crippen molar-refractivity contribution in [2.45, 2.75) is 122 Å². The lowest BCUT2D eigenvalue weighted by atomic mass is 10.0. The predicted octanol–water partition coefficient (Wildman–Crippen LogP) is 6.03. The van der Waals surface area contributed by atoms with Gasteiger partial charge in [0.1, 0.15) is 0 Å². The molecule has 0 aromatic carbocycles. The van der Waals surface area contributed by atoms with Gasteiger partial charge in [-0.1, -0.05) is 110 Å². The Morgan fingerprint density at radius 2 is 1.04 bits per heavy atom. The van der Waals surface area contributed by atoms with Crippen LogP contribution in [0.25, 0.3) is 0 Å². The Kier molecular flexibility index (Phi) is 19.2. The lowest BCUT2D eigenvalue weighted by Crippen LogP contribution is -2.28. The Morgan fingerprint density at radius 3 is 1.39 bits per heavy atom. The van der Waals surface area contributed by atoms with Crippen molar-refractivity contribution in [2.24, 2.45) is 0 Å². The number of rotatable bonds is 21. The van der Waals surface area contributed by atoms with E-state index in [0.717, 1.165) is 19.3 Å². The number of nitrogens with one attached hydrogen (secondary N) is 1. The highest BCUT2D eigenvalue weighted by atomic mass is 32.2. The molecule has 0 unspecified atom stereocenters. The summed E-state index contributed by atoms with van der Waals surface area (Å²) in [6.07, 6.45) is 22.7. The number of hydrogen-bond acceptors (Lipinski definition) is 3. The van der Waals surface area contributed by atoms with Gasteiger partial charge in [0.05, 0.1) is 5.75 Å². The van der Waals surface area contributed by atoms with E-state index in [4.69, 9.17) is 4.55 Å². The Labute approximate surface area is 174 Å². The molecule has 0 aromatic rings. The van der Waals surface area contributed by atoms with Crippen molar-refractivity contribution in [3.8, 4) is 0 Å². The average Bonchev–Trinajstić information content (AvgIpc) is 2.63. The van der Waals surface area contributed by atoms with E-state index in [1.54, 1.807) is 0 Å². The zero-order valence-corrected chi connectivity index (χ0v) is 19.0. The molecule has 0 saturated carbocycles. The number of unbranched alkanes of at least 4 members (excludes halogenated alkanes) is 16. The first kappa shape index (κ1) is 27.4. The van der Waals surface area contributed by atoms with Crippen LogP contribution in [0.1, 0.15) is 122 Å². The maximum Gasteiger partial charge on any atom is 0.266 e. The minimum Gasteiger partial charge on any atom is -0.355 e. The molecule has 0 rings (SSSR count). The average molecular weight is 420 g/mol. The molecule has 0 spiro atoms. The molecule has 1 amide bonds. The van der Waals surface area contributed by atoms with Gasteiger partial charge in [-0.05, 0) is 6.42 Å². The second-order valence-corrected chi connectivity index (χ2v) is 9.61. The molecule has 0 atom stereocenters. The van der Waals surface area contributed by atoms with E-state index in [0.29, 0.717) is 6.42 Å². The van der Waals surface area contributed by atoms with Gasteiger partial charge < -0.3 is 5.32 Å². The summed E-state index contributed by atoms with van der Waals surface area (Å²) in [5.41, 5.74) is 0. The fourth-order valence-electron chi connectivity index (χ4n) is 3.42. The molecular formula is C22H45NO4S. The third kappa shape index (κ3) is 23.4. The summed E-state index contributed by atoms with van der Waals surface area (Å²) in [4.78, 5) is 11.5. The van der Waals surface area contributed by atoms with Crippen molar-refractivity contribution >= 4 is 16.0 Å². The monoisotopic (exact) mass is 419 g/mol. The van der Waals surface area contributed by atoms with Crippen molar-refractivity contribution in [3.05, 3.63) is 0 Å². The van der Waals surface area contributed by atoms with E-state index in [1.165, 1.54) is 89.9 Å². The van der Waals surface area contributed by atoms with Gasteiger partial charge in [0.2, 0.25) is 5.91 Å². The van der Waals surface area contributed by atoms with Crippen LogP contribution in [-0.4, -0.2) is 31.2 Å². The quantitative estimate of drug-likeness (QED) is 0.176. The zero-order chi connectivity index (χ0) is 20.9. The standard InChI is InChI=1S/C22H45NO4S/c1-2-3-4-5-6-7-8-9-10-11-12-13-14-15-16-17-18-19-22(24)23-20-21-28(25,26)27/h2-21H2,1H3,(H,23,24)(H,25,26,27). The van der Waals surface area contributed by atoms with E-state index in [-0.39, 0.29) is 12.5 Å². The summed E-state index contributed by atoms with van der Waals surface area (Å²) in [5, 5.41) is 2.52. The first-order chi connectivity index (χ1) is 13.5. The molecule has 0 saturated heterocycles. The van der Waals surface area contributed by atoms with E-state index < -0.39 is 15.9 Å². The molecule has 168 valence electrons. The highest BCUT2D eigenvalue weighted by Gasteiger charge is 2.06. The first-order valence-corrected chi connectivity index (χ1v) is 13.3. The normalized spacial score (nSPS) is 11.6. The number of carbonyl (C=O) groups is 1. The van der Waals surface area contributed by atoms with Crippen LogP contribution in [-0.2, 0) is 14.9 Å². The van der Waals surface area contributed by atoms with Crippen molar-refractivity contribution in [1.82, 2.24) is 5.32 Å². The molecule has 28 heavy (non-hydrogen) atoms. The van der Waals surface area contributed by atoms with Crippen LogP contribution >= 0.6 is 0 Å². The molecule has 0 aromatic heterocycles. The van der Waals surface area contributed by atoms with E-state index in [9.17, 15) is 13.2 Å². The van der Waals surface area contributed by atoms with Crippen LogP contribution in [0.3, 0.4) is 0 Å². The molecule has 0 aliphatic heterocycles. The van der Waals surface area contributed by atoms with Gasteiger partial charge in [0.25, 0.3) is 10.1 Å². The topological polar surface area (TPSA) is 83.5 Å². The number of amides is 1. The second kappa shape index (κ2) is 19.7. The first-order valence-electron chi connectivity index (χ1n) is 11.7. The minimum atomic E-state index is -3.99. The molecule has 5 nitrogen and oxygen atoms in total. The highest BCUT2D eigenvalue weighted by Crippen LogP contribution is 2.14. The molecule has 0 aliphatic rings. The minimum absolute atomic E-state index is 0.0172. The summed E-state index contributed by atoms with van der Waals surface area (Å²) < 4.78 is 29.7. The smallest absolute Gasteiger partial charge is 0.266 e. The van der Waals surface area contributed by atoms with E-state index >= 15 is 0 Å². The summed E-state index contributed by atoms with van der Waals surface area (Å²) in [6, 6.07) is 0. The Hall–Kier alpha value is -0.620. The van der Waals surface area contributed by atoms with Gasteiger partial charge in [0.15, 0.2) is 0 Å². The van der Waals surface area contributed by atoms with Crippen molar-refractivity contribution in [1.29, 1.82) is 0 Å². The Morgan fingerprint density at radius 1 is 0.679 bits per heavy atom. The van der Waals surface area contributed by atoms with Crippen molar-refractivity contribution < 1.29 is 17.8 Å². The molecule has 0 aliphatic carbocycles. The van der Waals surface area contributed by atoms with Gasteiger partial charge in [-0.25, -0.2) is 0 Å². The fourth-order valence-corrected chi connectivity index (χ4v) is 3.78. The van der Waals surface area contributed by atoms with Gasteiger partial charge >= 0.3 is 0 Å². The van der Waals surface area contributed by atoms with Crippen LogP contribution in [0.15, 0.2) is 0 Å². The van der Waals surface area contributed by atoms with Crippen LogP contribution in [0.2, 0.25) is 0 Å². The van der Waals surface area contributed by atoms with Crippen molar-refractivity contribution in [2.75, 3.05) is 12.3 Å². The molecule has 0 radical (unpaired) electrons. The largest absolute Gasteiger partial charge is 0.355 e. The summed E-state index contributed by atoms with van der Waals surface area (Å²) in [7, 11) is -3.99. The molecular weight excluding hydrogens is 374 g/mol. The van der Waals surface area contributed by atoms with Crippen molar-refractivity contribution in [3.63, 3.8) is 0 Å². The lowest BCUT2D eigenvalue weighted by molar-refractivity contribution is -0.121. The van der Waals surface area contributed by atoms with E-state index in [2.05, 4.69) is 12.2 Å². The van der Waals surface area contributed by atoms with Crippen LogP contribution in [0.5, 0.6) is 0 Å². The third-order valence-corrected chi connectivity index (χ3v) is 5.91. The van der Waals surface area contributed by atoms with Crippen LogP contribution in [0, 0.1) is 0 Å². The van der Waals surface area contributed by atoms with Gasteiger partial charge in [0, 0.05) is 13.0 Å². The van der Waals surface area contributed by atoms with Gasteiger partial charge in [-0.3, -0.25) is 9.35 Å². The molecule has 0 heterocycles. The number of hydrogen-bond donors (Lipinski definition) is 2. The third-order valence-electron chi connectivity index (χ3n) is 5.19. The second-order valence-electron chi connectivity index (χ2n) is 8.04. The Bertz CT molecular complexity index is 451. The molecule has 6 heteroatoms. The molecule has 0 fully saturated rings. The van der Waals surface area contributed by atoms with E-state index in [1.807, 2.05) is 0 Å². The SMILES string of the molecule is CCCCCCCCCCCCCCCCCCCC(=O)NCCS(=O)(=O)O. The molecule has 0 bridgehead atoms. The summed E-state index contributed by atoms with van der Waals surface area (Å²) in [5.74, 6) is -0.553. The van der Waals surface area contributed by atoms with Gasteiger partial charge in [-0.2, -0.15) is 8.42 Å². The maximum atomic E-state index is 11.5. The summed E-state index contributed by atoms with van der Waals surface area (Å²) >= 11 is 0. The molecule has 2 N–H and O–H groups in total. The zero-order valence-electron chi connectivity index (χ0n) is 18.2. The summed E-state index contributed by atoms with van der Waals surface area (Å²) in [6.45, 7) is 2.25. The fraction of sp³-hybridized carbons (Fsp3) is 0.955. The highest BCUT2D eigenvalue weighted by molar-refractivity contribution is 7.85. The maximum absolute atomic E-state index is 11.5. The van der Waals surface area contributed by atoms with Crippen LogP contribution < -0.4 is 5.32 Å². The number of carbonyl (C=O) groups excluding carboxylic acids is 1. The Balaban J connectivity index is 3.16. The lowest BCUT2D eigenvalue weighted by Gasteiger charge is -2.05. The van der Waals surface area contributed by atoms with Gasteiger partial charge in [-0.15, -0.1) is 0 Å². The van der Waals surface area contributed by atoms with Crippen LogP contribution in [0.4, 0.5) is 0 Å².